The molecule has 1 fully saturated rings. The first kappa shape index (κ1) is 23.1. The van der Waals surface area contributed by atoms with Crippen molar-refractivity contribution in [2.24, 2.45) is 5.73 Å². The fraction of sp³-hybridized carbons (Fsp3) is 0.556. The number of nitrogens with two attached hydrogens (primary N) is 1. The lowest BCUT2D eigenvalue weighted by Crippen LogP contribution is -2.58. The van der Waals surface area contributed by atoms with Crippen molar-refractivity contribution in [3.05, 3.63) is 29.8 Å². The van der Waals surface area contributed by atoms with E-state index in [1.54, 1.807) is 17.9 Å². The van der Waals surface area contributed by atoms with Gasteiger partial charge in [-0.1, -0.05) is 25.5 Å². The van der Waals surface area contributed by atoms with E-state index < -0.39 is 18.1 Å². The monoisotopic (exact) mass is 405 g/mol. The van der Waals surface area contributed by atoms with E-state index in [2.05, 4.69) is 4.74 Å². The number of hydrogen-bond donors (Lipinski definition) is 1. The molecule has 1 aromatic rings. The van der Waals surface area contributed by atoms with Gasteiger partial charge in [0, 0.05) is 26.2 Å². The first-order chi connectivity index (χ1) is 12.3. The van der Waals surface area contributed by atoms with E-state index in [-0.39, 0.29) is 29.6 Å². The highest BCUT2D eigenvalue weighted by Gasteiger charge is 2.34. The summed E-state index contributed by atoms with van der Waals surface area (Å²) in [5.41, 5.74) is 5.26. The summed E-state index contributed by atoms with van der Waals surface area (Å²) in [6.07, 6.45) is 1.39. The molecule has 27 heavy (non-hydrogen) atoms. The quantitative estimate of drug-likeness (QED) is 0.789. The highest BCUT2D eigenvalue weighted by atomic mass is 35.5. The van der Waals surface area contributed by atoms with Crippen LogP contribution in [0.3, 0.4) is 0 Å². The Morgan fingerprint density at radius 3 is 2.30 bits per heavy atom. The zero-order valence-electron chi connectivity index (χ0n) is 15.5. The number of nitrogens with zero attached hydrogens (tertiary/aromatic N) is 2. The molecular formula is C18H26ClF2N3O3. The molecule has 0 saturated carbocycles. The number of ether oxygens (including phenoxy) is 1. The second-order valence-corrected chi connectivity index (χ2v) is 6.63. The molecule has 9 heteroatoms. The molecule has 0 radical (unpaired) electrons. The van der Waals surface area contributed by atoms with Crippen LogP contribution in [-0.4, -0.2) is 59.9 Å². The van der Waals surface area contributed by atoms with Gasteiger partial charge in [-0.05, 0) is 25.5 Å². The number of para-hydroxylation sites is 1. The van der Waals surface area contributed by atoms with E-state index in [0.717, 1.165) is 6.42 Å². The maximum atomic E-state index is 12.7. The highest BCUT2D eigenvalue weighted by molar-refractivity contribution is 5.97. The number of piperazine rings is 1. The Morgan fingerprint density at radius 2 is 1.74 bits per heavy atom. The van der Waals surface area contributed by atoms with E-state index in [0.29, 0.717) is 32.6 Å². The zero-order chi connectivity index (χ0) is 19.3. The molecule has 1 unspecified atom stereocenters. The molecule has 1 aromatic carbocycles. The Bertz CT molecular complexity index is 650. The number of carbonyl (C=O) groups is 2. The molecule has 0 aromatic heterocycles. The largest absolute Gasteiger partial charge is 0.434 e. The molecule has 1 aliphatic rings. The van der Waals surface area contributed by atoms with E-state index in [1.165, 1.54) is 23.1 Å². The van der Waals surface area contributed by atoms with Gasteiger partial charge < -0.3 is 20.3 Å². The minimum Gasteiger partial charge on any atom is -0.434 e. The van der Waals surface area contributed by atoms with Gasteiger partial charge in [0.05, 0.1) is 11.1 Å². The molecule has 1 saturated heterocycles. The van der Waals surface area contributed by atoms with E-state index in [9.17, 15) is 18.4 Å². The molecule has 2 N–H and O–H groups in total. The standard InChI is InChI=1S/C18H25F2N3O3.ClH/c1-3-8-18(2,21)16(25)23-11-9-22(10-12-23)15(24)13-6-4-5-7-14(13)26-17(19)20;/h4-7,17H,3,8-12,21H2,1-2H3;1H. The van der Waals surface area contributed by atoms with Crippen molar-refractivity contribution in [3.63, 3.8) is 0 Å². The third-order valence-electron chi connectivity index (χ3n) is 4.45. The Labute approximate surface area is 164 Å². The van der Waals surface area contributed by atoms with E-state index in [1.807, 2.05) is 6.92 Å². The summed E-state index contributed by atoms with van der Waals surface area (Å²) in [7, 11) is 0. The fourth-order valence-electron chi connectivity index (χ4n) is 3.11. The lowest BCUT2D eigenvalue weighted by Gasteiger charge is -2.38. The van der Waals surface area contributed by atoms with Crippen LogP contribution in [0.25, 0.3) is 0 Å². The predicted octanol–water partition coefficient (Wildman–Crippen LogP) is 2.51. The Kier molecular flexibility index (Phi) is 8.43. The van der Waals surface area contributed by atoms with Crippen molar-refractivity contribution in [1.82, 2.24) is 9.80 Å². The van der Waals surface area contributed by atoms with Crippen LogP contribution in [0.5, 0.6) is 5.75 Å². The van der Waals surface area contributed by atoms with Gasteiger partial charge in [-0.15, -0.1) is 12.4 Å². The maximum absolute atomic E-state index is 12.7. The van der Waals surface area contributed by atoms with Crippen LogP contribution in [0.4, 0.5) is 8.78 Å². The second kappa shape index (κ2) is 9.85. The van der Waals surface area contributed by atoms with Crippen LogP contribution in [0, 0.1) is 0 Å². The lowest BCUT2D eigenvalue weighted by molar-refractivity contribution is -0.138. The van der Waals surface area contributed by atoms with Crippen molar-refractivity contribution in [2.45, 2.75) is 38.8 Å². The summed E-state index contributed by atoms with van der Waals surface area (Å²) in [5.74, 6) is -0.672. The Balaban J connectivity index is 0.00000364. The number of carbonyl (C=O) groups excluding carboxylic acids is 2. The first-order valence-electron chi connectivity index (χ1n) is 8.67. The van der Waals surface area contributed by atoms with Crippen molar-refractivity contribution in [2.75, 3.05) is 26.2 Å². The molecular weight excluding hydrogens is 380 g/mol. The fourth-order valence-corrected chi connectivity index (χ4v) is 3.11. The summed E-state index contributed by atoms with van der Waals surface area (Å²) in [5, 5.41) is 0. The number of halogens is 3. The van der Waals surface area contributed by atoms with Crippen molar-refractivity contribution in [1.29, 1.82) is 0 Å². The van der Waals surface area contributed by atoms with Crippen LogP contribution >= 0.6 is 12.4 Å². The van der Waals surface area contributed by atoms with Crippen LogP contribution < -0.4 is 10.5 Å². The molecule has 6 nitrogen and oxygen atoms in total. The van der Waals surface area contributed by atoms with Crippen LogP contribution in [0.2, 0.25) is 0 Å². The molecule has 1 heterocycles. The molecule has 0 spiro atoms. The van der Waals surface area contributed by atoms with E-state index >= 15 is 0 Å². The molecule has 0 aliphatic carbocycles. The maximum Gasteiger partial charge on any atom is 0.387 e. The van der Waals surface area contributed by atoms with Crippen LogP contribution in [0.1, 0.15) is 37.0 Å². The number of hydrogen-bond acceptors (Lipinski definition) is 4. The average molecular weight is 406 g/mol. The van der Waals surface area contributed by atoms with Crippen molar-refractivity contribution in [3.8, 4) is 5.75 Å². The number of rotatable bonds is 6. The molecule has 2 rings (SSSR count). The molecule has 2 amide bonds. The van der Waals surface area contributed by atoms with Crippen molar-refractivity contribution < 1.29 is 23.1 Å². The molecule has 1 aliphatic heterocycles. The Morgan fingerprint density at radius 1 is 1.19 bits per heavy atom. The SMILES string of the molecule is CCCC(C)(N)C(=O)N1CCN(C(=O)c2ccccc2OC(F)F)CC1.Cl. The smallest absolute Gasteiger partial charge is 0.387 e. The van der Waals surface area contributed by atoms with Gasteiger partial charge in [-0.2, -0.15) is 8.78 Å². The summed E-state index contributed by atoms with van der Waals surface area (Å²) in [6, 6.07) is 5.91. The van der Waals surface area contributed by atoms with Gasteiger partial charge >= 0.3 is 6.61 Å². The first-order valence-corrected chi connectivity index (χ1v) is 8.67. The zero-order valence-corrected chi connectivity index (χ0v) is 16.3. The third-order valence-corrected chi connectivity index (χ3v) is 4.45. The minimum atomic E-state index is -3.00. The molecule has 1 atom stereocenters. The normalized spacial score (nSPS) is 16.5. The number of amides is 2. The van der Waals surface area contributed by atoms with Gasteiger partial charge in [0.15, 0.2) is 0 Å². The topological polar surface area (TPSA) is 75.9 Å². The summed E-state index contributed by atoms with van der Waals surface area (Å²) < 4.78 is 29.5. The van der Waals surface area contributed by atoms with Gasteiger partial charge in [-0.3, -0.25) is 9.59 Å². The number of benzene rings is 1. The van der Waals surface area contributed by atoms with Gasteiger partial charge in [-0.25, -0.2) is 0 Å². The van der Waals surface area contributed by atoms with Gasteiger partial charge in [0.25, 0.3) is 5.91 Å². The second-order valence-electron chi connectivity index (χ2n) is 6.63. The third kappa shape index (κ3) is 5.77. The lowest BCUT2D eigenvalue weighted by atomic mass is 9.95. The van der Waals surface area contributed by atoms with Gasteiger partial charge in [0.2, 0.25) is 5.91 Å². The summed E-state index contributed by atoms with van der Waals surface area (Å²) in [6.45, 7) is 2.03. The van der Waals surface area contributed by atoms with Crippen LogP contribution in [0.15, 0.2) is 24.3 Å². The predicted molar refractivity (Wildman–Crippen MR) is 100 cm³/mol. The summed E-state index contributed by atoms with van der Waals surface area (Å²) in [4.78, 5) is 28.4. The van der Waals surface area contributed by atoms with E-state index in [4.69, 9.17) is 5.73 Å². The highest BCUT2D eigenvalue weighted by Crippen LogP contribution is 2.23. The molecule has 152 valence electrons. The molecule has 0 bridgehead atoms. The Hall–Kier alpha value is -1.93. The number of alkyl halides is 2. The van der Waals surface area contributed by atoms with Crippen molar-refractivity contribution >= 4 is 24.2 Å². The van der Waals surface area contributed by atoms with Gasteiger partial charge in [0.1, 0.15) is 5.75 Å². The van der Waals surface area contributed by atoms with Crippen LogP contribution in [-0.2, 0) is 4.79 Å². The summed E-state index contributed by atoms with van der Waals surface area (Å²) >= 11 is 0. The average Bonchev–Trinajstić information content (AvgIpc) is 2.60. The minimum absolute atomic E-state index is 0.